The summed E-state index contributed by atoms with van der Waals surface area (Å²) in [5.41, 5.74) is 0.905. The lowest BCUT2D eigenvalue weighted by Gasteiger charge is -2.05. The average molecular weight is 238 g/mol. The zero-order valence-corrected chi connectivity index (χ0v) is 9.57. The van der Waals surface area contributed by atoms with Gasteiger partial charge in [0.2, 0.25) is 5.28 Å². The molecule has 0 radical (unpaired) electrons. The third-order valence-corrected chi connectivity index (χ3v) is 2.20. The summed E-state index contributed by atoms with van der Waals surface area (Å²) in [5.74, 6) is 0.728. The van der Waals surface area contributed by atoms with Gasteiger partial charge in [-0.15, -0.1) is 5.10 Å². The van der Waals surface area contributed by atoms with Crippen molar-refractivity contribution in [2.24, 2.45) is 0 Å². The predicted octanol–water partition coefficient (Wildman–Crippen LogP) is 1.53. The summed E-state index contributed by atoms with van der Waals surface area (Å²) in [6.07, 6.45) is 5.64. The van der Waals surface area contributed by atoms with E-state index in [4.69, 9.17) is 11.6 Å². The monoisotopic (exact) mass is 237 g/mol. The van der Waals surface area contributed by atoms with E-state index in [1.807, 2.05) is 37.7 Å². The van der Waals surface area contributed by atoms with Crippen molar-refractivity contribution in [1.29, 1.82) is 0 Å². The lowest BCUT2D eigenvalue weighted by Crippen LogP contribution is -2.06. The van der Waals surface area contributed by atoms with Crippen molar-refractivity contribution < 1.29 is 0 Å². The molecule has 0 saturated heterocycles. The van der Waals surface area contributed by atoms with Crippen LogP contribution < -0.4 is 10.6 Å². The Kier molecular flexibility index (Phi) is 3.26. The maximum absolute atomic E-state index is 5.81. The molecule has 2 aromatic rings. The van der Waals surface area contributed by atoms with Gasteiger partial charge in [0.15, 0.2) is 5.82 Å². The summed E-state index contributed by atoms with van der Waals surface area (Å²) in [6, 6.07) is 3.83. The van der Waals surface area contributed by atoms with E-state index in [0.29, 0.717) is 6.54 Å². The van der Waals surface area contributed by atoms with Gasteiger partial charge in [-0.05, 0) is 36.0 Å². The van der Waals surface area contributed by atoms with Gasteiger partial charge in [-0.1, -0.05) is 0 Å². The molecule has 2 aromatic heterocycles. The lowest BCUT2D eigenvalue weighted by molar-refractivity contribution is 0.904. The van der Waals surface area contributed by atoms with Crippen LogP contribution in [0.4, 0.5) is 5.82 Å². The molecule has 0 unspecified atom stereocenters. The van der Waals surface area contributed by atoms with Gasteiger partial charge in [-0.2, -0.15) is 4.98 Å². The molecule has 0 atom stereocenters. The molecule has 2 rings (SSSR count). The van der Waals surface area contributed by atoms with Crippen molar-refractivity contribution >= 4 is 22.9 Å². The first kappa shape index (κ1) is 10.8. The maximum atomic E-state index is 5.81. The number of nitrogens with one attached hydrogen (secondary N) is 2. The Labute approximate surface area is 98.1 Å². The summed E-state index contributed by atoms with van der Waals surface area (Å²) in [7, 11) is 1.85. The molecule has 84 valence electrons. The predicted molar refractivity (Wildman–Crippen MR) is 64.7 cm³/mol. The first-order valence-corrected chi connectivity index (χ1v) is 5.26. The Balaban J connectivity index is 2.22. The number of hydrogen-bond acceptors (Lipinski definition) is 4. The van der Waals surface area contributed by atoms with E-state index in [2.05, 4.69) is 20.7 Å². The van der Waals surface area contributed by atoms with Gasteiger partial charge in [-0.3, -0.25) is 0 Å². The SMILES string of the molecule is CN/C=C\CNc1nc(Cl)nn2cccc12. The van der Waals surface area contributed by atoms with E-state index in [1.54, 1.807) is 4.52 Å². The zero-order chi connectivity index (χ0) is 11.4. The van der Waals surface area contributed by atoms with Crippen LogP contribution in [0.5, 0.6) is 0 Å². The normalized spacial score (nSPS) is 11.1. The smallest absolute Gasteiger partial charge is 0.243 e. The number of hydrogen-bond donors (Lipinski definition) is 2. The van der Waals surface area contributed by atoms with Crippen molar-refractivity contribution in [2.75, 3.05) is 18.9 Å². The number of halogens is 1. The fourth-order valence-electron chi connectivity index (χ4n) is 1.37. The van der Waals surface area contributed by atoms with E-state index < -0.39 is 0 Å². The fourth-order valence-corrected chi connectivity index (χ4v) is 1.54. The Bertz CT molecular complexity index is 505. The zero-order valence-electron chi connectivity index (χ0n) is 8.81. The van der Waals surface area contributed by atoms with Crippen molar-refractivity contribution in [3.63, 3.8) is 0 Å². The number of rotatable bonds is 4. The van der Waals surface area contributed by atoms with Gasteiger partial charge >= 0.3 is 0 Å². The number of anilines is 1. The minimum Gasteiger partial charge on any atom is -0.394 e. The van der Waals surface area contributed by atoms with Gasteiger partial charge < -0.3 is 10.6 Å². The molecule has 0 amide bonds. The molecule has 0 bridgehead atoms. The van der Waals surface area contributed by atoms with Crippen LogP contribution in [0.15, 0.2) is 30.6 Å². The second-order valence-electron chi connectivity index (χ2n) is 3.14. The Morgan fingerprint density at radius 3 is 3.25 bits per heavy atom. The molecule has 16 heavy (non-hydrogen) atoms. The van der Waals surface area contributed by atoms with E-state index in [1.165, 1.54) is 0 Å². The number of fused-ring (bicyclic) bond motifs is 1. The van der Waals surface area contributed by atoms with Crippen LogP contribution in [0.25, 0.3) is 5.52 Å². The minimum atomic E-state index is 0.226. The third-order valence-electron chi connectivity index (χ3n) is 2.04. The molecular weight excluding hydrogens is 226 g/mol. The molecule has 0 fully saturated rings. The molecule has 2 N–H and O–H groups in total. The molecule has 0 saturated carbocycles. The Hall–Kier alpha value is -1.75. The highest BCUT2D eigenvalue weighted by Crippen LogP contribution is 2.15. The summed E-state index contributed by atoms with van der Waals surface area (Å²) >= 11 is 5.81. The van der Waals surface area contributed by atoms with Gasteiger partial charge in [0, 0.05) is 19.8 Å². The number of aromatic nitrogens is 3. The second-order valence-corrected chi connectivity index (χ2v) is 3.48. The second kappa shape index (κ2) is 4.85. The van der Waals surface area contributed by atoms with Crippen molar-refractivity contribution in [3.8, 4) is 0 Å². The van der Waals surface area contributed by atoms with Gasteiger partial charge in [0.05, 0.1) is 0 Å². The van der Waals surface area contributed by atoms with E-state index in [9.17, 15) is 0 Å². The maximum Gasteiger partial charge on any atom is 0.243 e. The van der Waals surface area contributed by atoms with Crippen molar-refractivity contribution in [1.82, 2.24) is 19.9 Å². The molecule has 5 nitrogen and oxygen atoms in total. The molecule has 6 heteroatoms. The van der Waals surface area contributed by atoms with Crippen LogP contribution in [0.2, 0.25) is 5.28 Å². The Morgan fingerprint density at radius 2 is 2.44 bits per heavy atom. The summed E-state index contributed by atoms with van der Waals surface area (Å²) in [4.78, 5) is 4.14. The van der Waals surface area contributed by atoms with Crippen molar-refractivity contribution in [3.05, 3.63) is 35.9 Å². The number of nitrogens with zero attached hydrogens (tertiary/aromatic N) is 3. The summed E-state index contributed by atoms with van der Waals surface area (Å²) in [5, 5.41) is 10.3. The van der Waals surface area contributed by atoms with Crippen LogP contribution in [0.1, 0.15) is 0 Å². The average Bonchev–Trinajstić information content (AvgIpc) is 2.72. The topological polar surface area (TPSA) is 54.2 Å². The van der Waals surface area contributed by atoms with E-state index in [-0.39, 0.29) is 5.28 Å². The molecule has 0 aliphatic rings. The highest BCUT2D eigenvalue weighted by molar-refractivity contribution is 6.28. The molecular formula is C10H12ClN5. The molecule has 0 aliphatic heterocycles. The quantitative estimate of drug-likeness (QED) is 0.847. The van der Waals surface area contributed by atoms with Gasteiger partial charge in [-0.25, -0.2) is 4.52 Å². The van der Waals surface area contributed by atoms with Crippen LogP contribution in [0.3, 0.4) is 0 Å². The van der Waals surface area contributed by atoms with Crippen LogP contribution in [-0.2, 0) is 0 Å². The third kappa shape index (κ3) is 2.25. The Morgan fingerprint density at radius 1 is 1.56 bits per heavy atom. The highest BCUT2D eigenvalue weighted by Gasteiger charge is 2.04. The first-order valence-electron chi connectivity index (χ1n) is 4.88. The molecule has 2 heterocycles. The first-order chi connectivity index (χ1) is 7.81. The largest absolute Gasteiger partial charge is 0.394 e. The van der Waals surface area contributed by atoms with E-state index in [0.717, 1.165) is 11.3 Å². The highest BCUT2D eigenvalue weighted by atomic mass is 35.5. The van der Waals surface area contributed by atoms with E-state index >= 15 is 0 Å². The van der Waals surface area contributed by atoms with Crippen LogP contribution in [-0.4, -0.2) is 28.2 Å². The molecule has 0 aromatic carbocycles. The van der Waals surface area contributed by atoms with Crippen LogP contribution >= 0.6 is 11.6 Å². The van der Waals surface area contributed by atoms with Gasteiger partial charge in [0.1, 0.15) is 5.52 Å². The summed E-state index contributed by atoms with van der Waals surface area (Å²) in [6.45, 7) is 0.676. The standard InChI is InChI=1S/C10H12ClN5/c1-12-5-3-6-13-9-8-4-2-7-16(8)15-10(11)14-9/h2-5,7,12H,6H2,1H3,(H,13,14,15)/b5-3-. The van der Waals surface area contributed by atoms with Crippen LogP contribution in [0, 0.1) is 0 Å². The lowest BCUT2D eigenvalue weighted by atomic mass is 10.4. The van der Waals surface area contributed by atoms with Crippen molar-refractivity contribution in [2.45, 2.75) is 0 Å². The minimum absolute atomic E-state index is 0.226. The molecule has 0 aliphatic carbocycles. The van der Waals surface area contributed by atoms with Gasteiger partial charge in [0.25, 0.3) is 0 Å². The summed E-state index contributed by atoms with van der Waals surface area (Å²) < 4.78 is 1.69. The molecule has 0 spiro atoms. The fraction of sp³-hybridized carbons (Fsp3) is 0.200.